The van der Waals surface area contributed by atoms with Gasteiger partial charge in [0.05, 0.1) is 0 Å². The van der Waals surface area contributed by atoms with Gasteiger partial charge in [-0.3, -0.25) is 14.4 Å². The Hall–Kier alpha value is -3.33. The molecule has 0 radical (unpaired) electrons. The van der Waals surface area contributed by atoms with Gasteiger partial charge in [0.2, 0.25) is 0 Å². The largest absolute Gasteiger partial charge is 0.300 e. The molecule has 0 fully saturated rings. The topological polar surface area (TPSA) is 51.2 Å². The number of carbonyl (C=O) groups excluding carboxylic acids is 3. The maximum atomic E-state index is 11.3. The summed E-state index contributed by atoms with van der Waals surface area (Å²) in [5, 5.41) is 0. The molecule has 54 heavy (non-hydrogen) atoms. The highest BCUT2D eigenvalue weighted by Gasteiger charge is 2.08. The molecule has 3 heteroatoms. The average Bonchev–Trinajstić information content (AvgIpc) is 3.15. The van der Waals surface area contributed by atoms with Gasteiger partial charge in [-0.15, -0.1) is 0 Å². The van der Waals surface area contributed by atoms with Gasteiger partial charge in [0.25, 0.3) is 0 Å². The molecule has 3 nitrogen and oxygen atoms in total. The predicted octanol–water partition coefficient (Wildman–Crippen LogP) is 15.9. The summed E-state index contributed by atoms with van der Waals surface area (Å²) in [5.74, 6) is 3.67. The third-order valence-corrected chi connectivity index (χ3v) is 7.00. The molecule has 0 saturated carbocycles. The molecule has 0 heterocycles. The van der Waals surface area contributed by atoms with Crippen LogP contribution < -0.4 is 0 Å². The first-order valence-electron chi connectivity index (χ1n) is 21.0. The molecule has 312 valence electrons. The number of Topliss-reactive ketones (excluding diaryl/α,β-unsaturated/α-hetero) is 3. The minimum atomic E-state index is 0.0948. The summed E-state index contributed by atoms with van der Waals surface area (Å²) in [7, 11) is 0. The van der Waals surface area contributed by atoms with Gasteiger partial charge in [-0.05, 0) is 55.6 Å². The van der Waals surface area contributed by atoms with Crippen molar-refractivity contribution in [2.24, 2.45) is 35.5 Å². The van der Waals surface area contributed by atoms with Crippen LogP contribution in [0.1, 0.15) is 173 Å². The number of carbonyl (C=O) groups is 3. The Balaban J connectivity index is -0.000000127. The molecular formula is C51H90O3. The minimum Gasteiger partial charge on any atom is -0.300 e. The number of hydrogen-bond acceptors (Lipinski definition) is 3. The molecule has 3 aromatic rings. The first kappa shape index (κ1) is 62.6. The van der Waals surface area contributed by atoms with Gasteiger partial charge in [-0.1, -0.05) is 229 Å². The van der Waals surface area contributed by atoms with Gasteiger partial charge in [-0.25, -0.2) is 0 Å². The number of benzene rings is 3. The van der Waals surface area contributed by atoms with Crippen LogP contribution in [0.15, 0.2) is 91.0 Å². The molecule has 3 rings (SSSR count). The van der Waals surface area contributed by atoms with E-state index in [9.17, 15) is 14.4 Å². The molecule has 0 N–H and O–H groups in total. The van der Waals surface area contributed by atoms with E-state index in [1.807, 2.05) is 113 Å². The van der Waals surface area contributed by atoms with E-state index in [0.29, 0.717) is 0 Å². The van der Waals surface area contributed by atoms with E-state index in [1.165, 1.54) is 30.4 Å². The van der Waals surface area contributed by atoms with Gasteiger partial charge in [0.15, 0.2) is 5.78 Å². The van der Waals surface area contributed by atoms with Gasteiger partial charge in [0.1, 0.15) is 11.6 Å². The molecule has 0 atom stereocenters. The third kappa shape index (κ3) is 50.8. The quantitative estimate of drug-likeness (QED) is 0.205. The molecule has 0 aliphatic carbocycles. The fourth-order valence-electron chi connectivity index (χ4n) is 3.11. The van der Waals surface area contributed by atoms with E-state index in [0.717, 1.165) is 23.3 Å². The fourth-order valence-corrected chi connectivity index (χ4v) is 3.11. The zero-order valence-electron chi connectivity index (χ0n) is 39.5. The highest BCUT2D eigenvalue weighted by molar-refractivity contribution is 5.97. The Labute approximate surface area is 338 Å². The molecule has 0 unspecified atom stereocenters. The molecule has 0 amide bonds. The maximum Gasteiger partial charge on any atom is 0.165 e. The van der Waals surface area contributed by atoms with Crippen molar-refractivity contribution in [1.29, 1.82) is 0 Å². The Bertz CT molecular complexity index is 1100. The van der Waals surface area contributed by atoms with Crippen LogP contribution in [0.3, 0.4) is 0 Å². The van der Waals surface area contributed by atoms with Crippen molar-refractivity contribution in [2.75, 3.05) is 0 Å². The van der Waals surface area contributed by atoms with E-state index >= 15 is 0 Å². The lowest BCUT2D eigenvalue weighted by atomic mass is 10.0. The van der Waals surface area contributed by atoms with Crippen molar-refractivity contribution in [3.8, 4) is 0 Å². The van der Waals surface area contributed by atoms with E-state index in [4.69, 9.17) is 0 Å². The summed E-state index contributed by atoms with van der Waals surface area (Å²) in [6.45, 7) is 42.2. The first-order valence-corrected chi connectivity index (χ1v) is 21.0. The lowest BCUT2D eigenvalue weighted by Gasteiger charge is -2.02. The Morgan fingerprint density at radius 2 is 0.630 bits per heavy atom. The Morgan fingerprint density at radius 1 is 0.407 bits per heavy atom. The lowest BCUT2D eigenvalue weighted by Crippen LogP contribution is -2.06. The van der Waals surface area contributed by atoms with Crippen molar-refractivity contribution in [1.82, 2.24) is 0 Å². The second-order valence-corrected chi connectivity index (χ2v) is 14.4. The van der Waals surface area contributed by atoms with Crippen molar-refractivity contribution >= 4 is 17.3 Å². The first-order chi connectivity index (χ1) is 25.3. The number of rotatable bonds is 9. The van der Waals surface area contributed by atoms with Gasteiger partial charge in [0, 0.05) is 23.3 Å². The van der Waals surface area contributed by atoms with Crippen molar-refractivity contribution in [3.63, 3.8) is 0 Å². The van der Waals surface area contributed by atoms with Crippen LogP contribution in [0.5, 0.6) is 0 Å². The van der Waals surface area contributed by atoms with Crippen LogP contribution in [-0.2, 0) is 22.4 Å². The van der Waals surface area contributed by atoms with Crippen LogP contribution >= 0.6 is 0 Å². The van der Waals surface area contributed by atoms with E-state index in [1.54, 1.807) is 13.8 Å². The average molecular weight is 751 g/mol. The maximum absolute atomic E-state index is 11.3. The predicted molar refractivity (Wildman–Crippen MR) is 246 cm³/mol. The summed E-state index contributed by atoms with van der Waals surface area (Å²) < 4.78 is 0. The summed E-state index contributed by atoms with van der Waals surface area (Å²) in [4.78, 5) is 31.6. The lowest BCUT2D eigenvalue weighted by molar-refractivity contribution is -0.120. The number of hydrogen-bond donors (Lipinski definition) is 0. The zero-order chi connectivity index (χ0) is 43.7. The summed E-state index contributed by atoms with van der Waals surface area (Å²) in [5.41, 5.74) is 3.69. The van der Waals surface area contributed by atoms with Crippen molar-refractivity contribution in [2.45, 2.75) is 165 Å². The van der Waals surface area contributed by atoms with Crippen LogP contribution in [0.4, 0.5) is 0 Å². The van der Waals surface area contributed by atoms with Crippen LogP contribution in [0.25, 0.3) is 0 Å². The molecule has 0 aliphatic heterocycles. The summed E-state index contributed by atoms with van der Waals surface area (Å²) in [6, 6.07) is 30.6. The fraction of sp³-hybridized carbons (Fsp3) is 0.588. The molecule has 0 bridgehead atoms. The van der Waals surface area contributed by atoms with Gasteiger partial charge in [-0.2, -0.15) is 0 Å². The number of ketones is 3. The van der Waals surface area contributed by atoms with E-state index in [-0.39, 0.29) is 35.1 Å². The summed E-state index contributed by atoms with van der Waals surface area (Å²) in [6.07, 6.45) is 3.70. The Kier molecular flexibility index (Phi) is 53.2. The van der Waals surface area contributed by atoms with E-state index < -0.39 is 0 Å². The Morgan fingerprint density at radius 3 is 0.796 bits per heavy atom. The van der Waals surface area contributed by atoms with Crippen molar-refractivity contribution in [3.05, 3.63) is 108 Å². The monoisotopic (exact) mass is 751 g/mol. The second kappa shape index (κ2) is 45.8. The second-order valence-electron chi connectivity index (χ2n) is 14.4. The zero-order valence-corrected chi connectivity index (χ0v) is 39.5. The van der Waals surface area contributed by atoms with Crippen LogP contribution in [0.2, 0.25) is 0 Å². The third-order valence-electron chi connectivity index (χ3n) is 7.00. The van der Waals surface area contributed by atoms with Gasteiger partial charge < -0.3 is 0 Å². The summed E-state index contributed by atoms with van der Waals surface area (Å²) >= 11 is 0. The van der Waals surface area contributed by atoms with Crippen LogP contribution in [0, 0.1) is 35.5 Å². The van der Waals surface area contributed by atoms with Crippen molar-refractivity contribution < 1.29 is 14.4 Å². The molecule has 0 aromatic heterocycles. The molecule has 3 aromatic carbocycles. The molecule has 0 spiro atoms. The van der Waals surface area contributed by atoms with Gasteiger partial charge >= 0.3 is 0 Å². The SMILES string of the molecule is CC.CC.CC.CC(=O)C(C)C.CC(=O)C(C)C.CC(C)C(=O)c1ccccc1.CC(C)Cc1ccccc1.CC(C)Cc1ccccc1.CCC(C)C. The van der Waals surface area contributed by atoms with E-state index in [2.05, 4.69) is 109 Å². The minimum absolute atomic E-state index is 0.0948. The normalized spacial score (nSPS) is 9.17. The standard InChI is InChI=1S/C10H12O.2C10H14.2C5H10O.C5H12.3C2H6/c1-8(2)10(11)9-6-4-3-5-7-9;2*1-9(2)8-10-6-4-3-5-7-10;2*1-4(2)5(3)6;1-4-5(2)3;3*1-2/h3-8H,1-2H3;2*3-7,9H,8H2,1-2H3;2*4H,1-3H3;5H,4H2,1-3H3;3*1-2H3. The molecule has 0 aliphatic rings. The molecular weight excluding hydrogens is 661 g/mol. The highest BCUT2D eigenvalue weighted by atomic mass is 16.1. The highest BCUT2D eigenvalue weighted by Crippen LogP contribution is 2.08. The van der Waals surface area contributed by atoms with Crippen LogP contribution in [-0.4, -0.2) is 17.3 Å². The smallest absolute Gasteiger partial charge is 0.165 e. The molecule has 0 saturated heterocycles.